The van der Waals surface area contributed by atoms with Crippen molar-refractivity contribution in [2.45, 2.75) is 66.3 Å². The Morgan fingerprint density at radius 3 is 2.56 bits per heavy atom. The van der Waals surface area contributed by atoms with Gasteiger partial charge in [-0.15, -0.1) is 0 Å². The summed E-state index contributed by atoms with van der Waals surface area (Å²) in [6, 6.07) is 0.635. The lowest BCUT2D eigenvalue weighted by Crippen LogP contribution is -2.40. The number of likely N-dealkylation sites (tertiary alicyclic amines) is 1. The summed E-state index contributed by atoms with van der Waals surface area (Å²) < 4.78 is 0. The van der Waals surface area contributed by atoms with Gasteiger partial charge in [0.05, 0.1) is 0 Å². The molecule has 0 spiro atoms. The molecule has 0 aromatic carbocycles. The lowest BCUT2D eigenvalue weighted by molar-refractivity contribution is 0.204. The average molecular weight is 254 g/mol. The third kappa shape index (κ3) is 5.71. The Morgan fingerprint density at radius 1 is 1.22 bits per heavy atom. The Kier molecular flexibility index (Phi) is 6.65. The van der Waals surface area contributed by atoms with Crippen LogP contribution < -0.4 is 5.32 Å². The molecule has 1 saturated heterocycles. The Bertz CT molecular complexity index is 220. The van der Waals surface area contributed by atoms with Gasteiger partial charge in [0.15, 0.2) is 0 Å². The smallest absolute Gasteiger partial charge is 0.0166 e. The highest BCUT2D eigenvalue weighted by Gasteiger charge is 2.27. The van der Waals surface area contributed by atoms with Crippen LogP contribution in [0.25, 0.3) is 0 Å². The molecule has 0 aromatic heterocycles. The van der Waals surface area contributed by atoms with Crippen LogP contribution in [0.5, 0.6) is 0 Å². The molecule has 108 valence electrons. The van der Waals surface area contributed by atoms with E-state index in [4.69, 9.17) is 0 Å². The fourth-order valence-corrected chi connectivity index (χ4v) is 3.05. The van der Waals surface area contributed by atoms with E-state index in [1.807, 2.05) is 0 Å². The van der Waals surface area contributed by atoms with Crippen LogP contribution in [0.3, 0.4) is 0 Å². The van der Waals surface area contributed by atoms with Gasteiger partial charge in [-0.3, -0.25) is 0 Å². The van der Waals surface area contributed by atoms with E-state index in [2.05, 4.69) is 44.8 Å². The quantitative estimate of drug-likeness (QED) is 0.807. The van der Waals surface area contributed by atoms with Gasteiger partial charge in [0.2, 0.25) is 0 Å². The van der Waals surface area contributed by atoms with E-state index in [1.165, 1.54) is 45.3 Å². The summed E-state index contributed by atoms with van der Waals surface area (Å²) in [6.45, 7) is 16.7. The van der Waals surface area contributed by atoms with Crippen molar-refractivity contribution in [2.24, 2.45) is 11.3 Å². The molecule has 0 amide bonds. The lowest BCUT2D eigenvalue weighted by atomic mass is 9.77. The molecule has 1 heterocycles. The van der Waals surface area contributed by atoms with E-state index in [1.54, 1.807) is 0 Å². The molecule has 0 radical (unpaired) electrons. The molecule has 1 aliphatic rings. The van der Waals surface area contributed by atoms with Crippen LogP contribution in [0.4, 0.5) is 0 Å². The van der Waals surface area contributed by atoms with Gasteiger partial charge in [-0.25, -0.2) is 0 Å². The Hall–Kier alpha value is -0.0800. The number of nitrogens with one attached hydrogen (secondary N) is 1. The minimum Gasteiger partial charge on any atom is -0.313 e. The second-order valence-corrected chi connectivity index (χ2v) is 7.15. The van der Waals surface area contributed by atoms with Crippen molar-refractivity contribution < 1.29 is 0 Å². The SMILES string of the molecule is CCCNC(C)CN1CCCC(C(C)(C)C)CC1. The van der Waals surface area contributed by atoms with E-state index in [0.29, 0.717) is 11.5 Å². The zero-order valence-electron chi connectivity index (χ0n) is 13.3. The van der Waals surface area contributed by atoms with Crippen molar-refractivity contribution >= 4 is 0 Å². The topological polar surface area (TPSA) is 15.3 Å². The highest BCUT2D eigenvalue weighted by molar-refractivity contribution is 4.80. The number of hydrogen-bond donors (Lipinski definition) is 1. The van der Waals surface area contributed by atoms with Crippen LogP contribution in [-0.4, -0.2) is 37.1 Å². The Balaban J connectivity index is 2.33. The van der Waals surface area contributed by atoms with Crippen LogP contribution in [0, 0.1) is 11.3 Å². The maximum absolute atomic E-state index is 3.60. The largest absolute Gasteiger partial charge is 0.313 e. The zero-order chi connectivity index (χ0) is 13.6. The molecule has 2 heteroatoms. The normalized spacial score (nSPS) is 24.8. The van der Waals surface area contributed by atoms with Gasteiger partial charge in [-0.2, -0.15) is 0 Å². The van der Waals surface area contributed by atoms with Gasteiger partial charge in [-0.1, -0.05) is 27.7 Å². The highest BCUT2D eigenvalue weighted by atomic mass is 15.1. The first kappa shape index (κ1) is 16.0. The molecule has 1 N–H and O–H groups in total. The van der Waals surface area contributed by atoms with Crippen molar-refractivity contribution in [2.75, 3.05) is 26.2 Å². The van der Waals surface area contributed by atoms with Gasteiger partial charge in [0, 0.05) is 12.6 Å². The first-order chi connectivity index (χ1) is 8.43. The molecule has 2 atom stereocenters. The van der Waals surface area contributed by atoms with E-state index in [-0.39, 0.29) is 0 Å². The van der Waals surface area contributed by atoms with E-state index in [0.717, 1.165) is 12.5 Å². The van der Waals surface area contributed by atoms with Crippen LogP contribution in [0.1, 0.15) is 60.3 Å². The summed E-state index contributed by atoms with van der Waals surface area (Å²) in [5, 5.41) is 3.60. The van der Waals surface area contributed by atoms with Crippen LogP contribution in [-0.2, 0) is 0 Å². The number of hydrogen-bond acceptors (Lipinski definition) is 2. The molecule has 0 saturated carbocycles. The standard InChI is InChI=1S/C16H34N2/c1-6-10-17-14(2)13-18-11-7-8-15(9-12-18)16(3,4)5/h14-15,17H,6-13H2,1-5H3. The molecule has 0 bridgehead atoms. The van der Waals surface area contributed by atoms with E-state index in [9.17, 15) is 0 Å². The predicted molar refractivity (Wildman–Crippen MR) is 81.0 cm³/mol. The minimum absolute atomic E-state index is 0.488. The van der Waals surface area contributed by atoms with Crippen molar-refractivity contribution in [1.29, 1.82) is 0 Å². The Labute approximate surface area is 115 Å². The van der Waals surface area contributed by atoms with Gasteiger partial charge < -0.3 is 10.2 Å². The molecule has 2 unspecified atom stereocenters. The Morgan fingerprint density at radius 2 is 1.94 bits per heavy atom. The first-order valence-corrected chi connectivity index (χ1v) is 7.89. The molecule has 1 rings (SSSR count). The maximum atomic E-state index is 3.60. The predicted octanol–water partition coefficient (Wildman–Crippen LogP) is 3.52. The monoisotopic (exact) mass is 254 g/mol. The van der Waals surface area contributed by atoms with Gasteiger partial charge in [0.25, 0.3) is 0 Å². The van der Waals surface area contributed by atoms with Gasteiger partial charge in [0.1, 0.15) is 0 Å². The second kappa shape index (κ2) is 7.49. The molecule has 0 aromatic rings. The maximum Gasteiger partial charge on any atom is 0.0166 e. The van der Waals surface area contributed by atoms with Crippen molar-refractivity contribution in [1.82, 2.24) is 10.2 Å². The summed E-state index contributed by atoms with van der Waals surface area (Å²) in [6.07, 6.45) is 5.40. The molecular weight excluding hydrogens is 220 g/mol. The molecular formula is C16H34N2. The van der Waals surface area contributed by atoms with Crippen LogP contribution in [0.15, 0.2) is 0 Å². The lowest BCUT2D eigenvalue weighted by Gasteiger charge is -2.30. The first-order valence-electron chi connectivity index (χ1n) is 7.89. The fourth-order valence-electron chi connectivity index (χ4n) is 3.05. The van der Waals surface area contributed by atoms with Crippen molar-refractivity contribution in [3.8, 4) is 0 Å². The summed E-state index contributed by atoms with van der Waals surface area (Å²) >= 11 is 0. The summed E-state index contributed by atoms with van der Waals surface area (Å²) in [4.78, 5) is 2.67. The van der Waals surface area contributed by atoms with E-state index < -0.39 is 0 Å². The molecule has 1 fully saturated rings. The highest BCUT2D eigenvalue weighted by Crippen LogP contribution is 2.34. The van der Waals surface area contributed by atoms with Gasteiger partial charge in [-0.05, 0) is 63.6 Å². The summed E-state index contributed by atoms with van der Waals surface area (Å²) in [5.41, 5.74) is 0.488. The minimum atomic E-state index is 0.488. The molecule has 0 aliphatic carbocycles. The number of rotatable bonds is 5. The molecule has 18 heavy (non-hydrogen) atoms. The van der Waals surface area contributed by atoms with Crippen molar-refractivity contribution in [3.63, 3.8) is 0 Å². The third-order valence-electron chi connectivity index (χ3n) is 4.32. The molecule has 2 nitrogen and oxygen atoms in total. The second-order valence-electron chi connectivity index (χ2n) is 7.15. The third-order valence-corrected chi connectivity index (χ3v) is 4.32. The van der Waals surface area contributed by atoms with Crippen LogP contribution in [0.2, 0.25) is 0 Å². The number of nitrogens with zero attached hydrogens (tertiary/aromatic N) is 1. The van der Waals surface area contributed by atoms with Gasteiger partial charge >= 0.3 is 0 Å². The van der Waals surface area contributed by atoms with E-state index >= 15 is 0 Å². The van der Waals surface area contributed by atoms with Crippen molar-refractivity contribution in [3.05, 3.63) is 0 Å². The zero-order valence-corrected chi connectivity index (χ0v) is 13.3. The van der Waals surface area contributed by atoms with Crippen LogP contribution >= 0.6 is 0 Å². The summed E-state index contributed by atoms with van der Waals surface area (Å²) in [5.74, 6) is 0.904. The summed E-state index contributed by atoms with van der Waals surface area (Å²) in [7, 11) is 0. The molecule has 1 aliphatic heterocycles. The average Bonchev–Trinajstić information content (AvgIpc) is 2.51. The fraction of sp³-hybridized carbons (Fsp3) is 1.00.